The summed E-state index contributed by atoms with van der Waals surface area (Å²) in [7, 11) is 0. The first-order valence-electron chi connectivity index (χ1n) is 4.96. The Labute approximate surface area is 88.5 Å². The van der Waals surface area contributed by atoms with Gasteiger partial charge in [0.2, 0.25) is 0 Å². The van der Waals surface area contributed by atoms with Crippen molar-refractivity contribution in [1.29, 1.82) is 0 Å². The summed E-state index contributed by atoms with van der Waals surface area (Å²) in [6.45, 7) is 3.97. The van der Waals surface area contributed by atoms with Crippen molar-refractivity contribution in [2.24, 2.45) is 5.73 Å². The summed E-state index contributed by atoms with van der Waals surface area (Å²) in [6.07, 6.45) is 0. The highest BCUT2D eigenvalue weighted by atomic mass is 19.1. The van der Waals surface area contributed by atoms with Crippen LogP contribution in [0, 0.1) is 11.6 Å². The summed E-state index contributed by atoms with van der Waals surface area (Å²) < 4.78 is 26.8. The standard InChI is InChI=1S/C11H16F2N2/c1-7(2)15-10(6-14)11-8(12)4-3-5-9(11)13/h3-5,7,10,15H,6,14H2,1-2H3. The predicted molar refractivity (Wildman–Crippen MR) is 56.4 cm³/mol. The van der Waals surface area contributed by atoms with Crippen LogP contribution in [0.3, 0.4) is 0 Å². The molecule has 0 radical (unpaired) electrons. The summed E-state index contributed by atoms with van der Waals surface area (Å²) in [4.78, 5) is 0. The highest BCUT2D eigenvalue weighted by Crippen LogP contribution is 2.20. The van der Waals surface area contributed by atoms with Crippen molar-refractivity contribution in [3.8, 4) is 0 Å². The quantitative estimate of drug-likeness (QED) is 0.804. The molecule has 0 spiro atoms. The lowest BCUT2D eigenvalue weighted by molar-refractivity contribution is 0.440. The molecule has 1 rings (SSSR count). The smallest absolute Gasteiger partial charge is 0.130 e. The summed E-state index contributed by atoms with van der Waals surface area (Å²) in [5.74, 6) is -1.11. The van der Waals surface area contributed by atoms with Crippen molar-refractivity contribution >= 4 is 0 Å². The van der Waals surface area contributed by atoms with Crippen molar-refractivity contribution in [3.05, 3.63) is 35.4 Å². The Hall–Kier alpha value is -1.00. The Balaban J connectivity index is 3.00. The molecule has 0 saturated carbocycles. The number of hydrogen-bond donors (Lipinski definition) is 2. The molecule has 0 heterocycles. The van der Waals surface area contributed by atoms with Crippen LogP contribution in [-0.4, -0.2) is 12.6 Å². The molecular weight excluding hydrogens is 198 g/mol. The number of rotatable bonds is 4. The molecule has 0 aliphatic rings. The molecule has 0 amide bonds. The molecule has 1 atom stereocenters. The molecule has 0 aliphatic heterocycles. The fourth-order valence-electron chi connectivity index (χ4n) is 1.52. The summed E-state index contributed by atoms with van der Waals surface area (Å²) >= 11 is 0. The lowest BCUT2D eigenvalue weighted by atomic mass is 10.0. The third kappa shape index (κ3) is 2.97. The minimum atomic E-state index is -0.557. The molecule has 2 nitrogen and oxygen atoms in total. The Morgan fingerprint density at radius 2 is 1.80 bits per heavy atom. The van der Waals surface area contributed by atoms with E-state index >= 15 is 0 Å². The minimum Gasteiger partial charge on any atom is -0.329 e. The molecule has 15 heavy (non-hydrogen) atoms. The first-order valence-corrected chi connectivity index (χ1v) is 4.96. The average molecular weight is 214 g/mol. The van der Waals surface area contributed by atoms with E-state index in [0.29, 0.717) is 0 Å². The second-order valence-electron chi connectivity index (χ2n) is 3.74. The molecule has 3 N–H and O–H groups in total. The van der Waals surface area contributed by atoms with Crippen LogP contribution in [0.1, 0.15) is 25.5 Å². The van der Waals surface area contributed by atoms with Gasteiger partial charge in [0.1, 0.15) is 11.6 Å². The number of nitrogens with one attached hydrogen (secondary N) is 1. The zero-order valence-electron chi connectivity index (χ0n) is 8.93. The van der Waals surface area contributed by atoms with E-state index in [1.807, 2.05) is 13.8 Å². The van der Waals surface area contributed by atoms with E-state index in [9.17, 15) is 8.78 Å². The van der Waals surface area contributed by atoms with Crippen molar-refractivity contribution in [1.82, 2.24) is 5.32 Å². The van der Waals surface area contributed by atoms with Gasteiger partial charge in [-0.15, -0.1) is 0 Å². The summed E-state index contributed by atoms with van der Waals surface area (Å²) in [6, 6.07) is 3.47. The molecule has 0 aromatic heterocycles. The Bertz CT molecular complexity index is 306. The topological polar surface area (TPSA) is 38.0 Å². The number of hydrogen-bond acceptors (Lipinski definition) is 2. The van der Waals surface area contributed by atoms with E-state index in [0.717, 1.165) is 0 Å². The molecule has 4 heteroatoms. The summed E-state index contributed by atoms with van der Waals surface area (Å²) in [5.41, 5.74) is 5.52. The summed E-state index contributed by atoms with van der Waals surface area (Å²) in [5, 5.41) is 3.02. The van der Waals surface area contributed by atoms with Crippen LogP contribution < -0.4 is 11.1 Å². The van der Waals surface area contributed by atoms with Gasteiger partial charge in [0, 0.05) is 18.2 Å². The number of nitrogens with two attached hydrogens (primary N) is 1. The maximum atomic E-state index is 13.4. The van der Waals surface area contributed by atoms with Gasteiger partial charge in [0.15, 0.2) is 0 Å². The van der Waals surface area contributed by atoms with Crippen LogP contribution in [-0.2, 0) is 0 Å². The van der Waals surface area contributed by atoms with Gasteiger partial charge in [-0.2, -0.15) is 0 Å². The maximum absolute atomic E-state index is 13.4. The second-order valence-corrected chi connectivity index (χ2v) is 3.74. The van der Waals surface area contributed by atoms with Gasteiger partial charge in [0.25, 0.3) is 0 Å². The predicted octanol–water partition coefficient (Wildman–Crippen LogP) is 1.96. The monoisotopic (exact) mass is 214 g/mol. The normalized spacial score (nSPS) is 13.2. The van der Waals surface area contributed by atoms with Crippen LogP contribution in [0.5, 0.6) is 0 Å². The lowest BCUT2D eigenvalue weighted by Crippen LogP contribution is -2.34. The van der Waals surface area contributed by atoms with E-state index in [4.69, 9.17) is 5.73 Å². The largest absolute Gasteiger partial charge is 0.329 e. The van der Waals surface area contributed by atoms with Crippen LogP contribution >= 0.6 is 0 Å². The SMILES string of the molecule is CC(C)NC(CN)c1c(F)cccc1F. The Kier molecular flexibility index (Phi) is 4.17. The third-order valence-corrected chi connectivity index (χ3v) is 2.12. The number of benzene rings is 1. The molecule has 84 valence electrons. The van der Waals surface area contributed by atoms with E-state index < -0.39 is 17.7 Å². The van der Waals surface area contributed by atoms with Crippen LogP contribution in [0.15, 0.2) is 18.2 Å². The molecule has 0 aliphatic carbocycles. The Morgan fingerprint density at radius 1 is 1.27 bits per heavy atom. The molecular formula is C11H16F2N2. The van der Waals surface area contributed by atoms with Crippen molar-refractivity contribution < 1.29 is 8.78 Å². The fraction of sp³-hybridized carbons (Fsp3) is 0.455. The molecule has 1 aromatic carbocycles. The Morgan fingerprint density at radius 3 is 2.20 bits per heavy atom. The first kappa shape index (κ1) is 12.1. The van der Waals surface area contributed by atoms with Gasteiger partial charge in [0.05, 0.1) is 6.04 Å². The average Bonchev–Trinajstić information content (AvgIpc) is 2.15. The molecule has 0 bridgehead atoms. The third-order valence-electron chi connectivity index (χ3n) is 2.12. The van der Waals surface area contributed by atoms with Gasteiger partial charge >= 0.3 is 0 Å². The first-order chi connectivity index (χ1) is 7.06. The molecule has 0 fully saturated rings. The maximum Gasteiger partial charge on any atom is 0.130 e. The fourth-order valence-corrected chi connectivity index (χ4v) is 1.52. The second kappa shape index (κ2) is 5.19. The van der Waals surface area contributed by atoms with Crippen LogP contribution in [0.4, 0.5) is 8.78 Å². The van der Waals surface area contributed by atoms with Gasteiger partial charge in [-0.3, -0.25) is 0 Å². The van der Waals surface area contributed by atoms with E-state index in [2.05, 4.69) is 5.32 Å². The van der Waals surface area contributed by atoms with E-state index in [-0.39, 0.29) is 18.2 Å². The minimum absolute atomic E-state index is 0.0219. The highest BCUT2D eigenvalue weighted by Gasteiger charge is 2.18. The van der Waals surface area contributed by atoms with Crippen LogP contribution in [0.25, 0.3) is 0 Å². The van der Waals surface area contributed by atoms with Crippen molar-refractivity contribution in [2.45, 2.75) is 25.9 Å². The number of halogens is 2. The van der Waals surface area contributed by atoms with E-state index in [1.165, 1.54) is 18.2 Å². The lowest BCUT2D eigenvalue weighted by Gasteiger charge is -2.20. The van der Waals surface area contributed by atoms with Gasteiger partial charge in [-0.1, -0.05) is 19.9 Å². The van der Waals surface area contributed by atoms with Crippen molar-refractivity contribution in [2.75, 3.05) is 6.54 Å². The zero-order valence-corrected chi connectivity index (χ0v) is 8.93. The highest BCUT2D eigenvalue weighted by molar-refractivity contribution is 5.23. The van der Waals surface area contributed by atoms with E-state index in [1.54, 1.807) is 0 Å². The van der Waals surface area contributed by atoms with Gasteiger partial charge in [-0.05, 0) is 12.1 Å². The molecule has 0 saturated heterocycles. The van der Waals surface area contributed by atoms with Crippen LogP contribution in [0.2, 0.25) is 0 Å². The van der Waals surface area contributed by atoms with Gasteiger partial charge < -0.3 is 11.1 Å². The zero-order chi connectivity index (χ0) is 11.4. The molecule has 1 unspecified atom stereocenters. The molecule has 1 aromatic rings. The van der Waals surface area contributed by atoms with Gasteiger partial charge in [-0.25, -0.2) is 8.78 Å². The van der Waals surface area contributed by atoms with Crippen molar-refractivity contribution in [3.63, 3.8) is 0 Å².